The number of aryl methyl sites for hydroxylation is 3. The zero-order valence-electron chi connectivity index (χ0n) is 15.5. The highest BCUT2D eigenvalue weighted by atomic mass is 16.1. The number of benzene rings is 1. The van der Waals surface area contributed by atoms with Gasteiger partial charge >= 0.3 is 0 Å². The molecule has 2 heterocycles. The highest BCUT2D eigenvalue weighted by Crippen LogP contribution is 2.23. The molecule has 1 aromatic carbocycles. The fraction of sp³-hybridized carbons (Fsp3) is 0.400. The van der Waals surface area contributed by atoms with Crippen LogP contribution < -0.4 is 10.2 Å². The molecule has 0 aliphatic carbocycles. The average molecular weight is 338 g/mol. The van der Waals surface area contributed by atoms with Crippen LogP contribution in [0.3, 0.4) is 0 Å². The van der Waals surface area contributed by atoms with Gasteiger partial charge in [-0.25, -0.2) is 0 Å². The van der Waals surface area contributed by atoms with Crippen LogP contribution in [0.2, 0.25) is 0 Å². The Morgan fingerprint density at radius 2 is 1.64 bits per heavy atom. The molecule has 1 saturated heterocycles. The maximum Gasteiger partial charge on any atom is 0.257 e. The van der Waals surface area contributed by atoms with Gasteiger partial charge in [0.15, 0.2) is 0 Å². The minimum atomic E-state index is -0.112. The van der Waals surface area contributed by atoms with Crippen LogP contribution in [0.1, 0.15) is 27.0 Å². The van der Waals surface area contributed by atoms with E-state index >= 15 is 0 Å². The van der Waals surface area contributed by atoms with Crippen LogP contribution in [0.4, 0.5) is 11.4 Å². The van der Waals surface area contributed by atoms with Crippen molar-refractivity contribution < 1.29 is 4.79 Å². The van der Waals surface area contributed by atoms with Gasteiger partial charge in [-0.3, -0.25) is 9.78 Å². The summed E-state index contributed by atoms with van der Waals surface area (Å²) in [4.78, 5) is 21.6. The molecule has 1 aliphatic rings. The number of likely N-dealkylation sites (N-methyl/N-ethyl adjacent to an activating group) is 1. The van der Waals surface area contributed by atoms with Crippen molar-refractivity contribution >= 4 is 17.3 Å². The topological polar surface area (TPSA) is 48.5 Å². The Morgan fingerprint density at radius 3 is 2.28 bits per heavy atom. The van der Waals surface area contributed by atoms with E-state index in [0.717, 1.165) is 48.7 Å². The molecular weight excluding hydrogens is 312 g/mol. The molecule has 0 unspecified atom stereocenters. The Bertz CT molecular complexity index is 756. The second-order valence-corrected chi connectivity index (χ2v) is 6.95. The molecule has 0 radical (unpaired) electrons. The molecule has 0 spiro atoms. The average Bonchev–Trinajstić information content (AvgIpc) is 2.58. The van der Waals surface area contributed by atoms with E-state index in [-0.39, 0.29) is 5.91 Å². The fourth-order valence-electron chi connectivity index (χ4n) is 3.35. The highest BCUT2D eigenvalue weighted by molar-refractivity contribution is 6.05. The first-order valence-electron chi connectivity index (χ1n) is 8.72. The summed E-state index contributed by atoms with van der Waals surface area (Å²) in [5.41, 5.74) is 5.85. The van der Waals surface area contributed by atoms with E-state index in [4.69, 9.17) is 0 Å². The number of rotatable bonds is 3. The minimum Gasteiger partial charge on any atom is -0.368 e. The van der Waals surface area contributed by atoms with E-state index in [9.17, 15) is 4.79 Å². The van der Waals surface area contributed by atoms with Crippen LogP contribution in [-0.4, -0.2) is 49.0 Å². The molecule has 1 N–H and O–H groups in total. The summed E-state index contributed by atoms with van der Waals surface area (Å²) >= 11 is 0. The summed E-state index contributed by atoms with van der Waals surface area (Å²) in [6, 6.07) is 6.11. The van der Waals surface area contributed by atoms with Crippen molar-refractivity contribution in [1.29, 1.82) is 0 Å². The smallest absolute Gasteiger partial charge is 0.257 e. The third-order valence-corrected chi connectivity index (χ3v) is 4.77. The van der Waals surface area contributed by atoms with Gasteiger partial charge in [0.1, 0.15) is 0 Å². The van der Waals surface area contributed by atoms with Gasteiger partial charge in [0.05, 0.1) is 17.4 Å². The van der Waals surface area contributed by atoms with Gasteiger partial charge < -0.3 is 15.1 Å². The van der Waals surface area contributed by atoms with Crippen molar-refractivity contribution in [1.82, 2.24) is 9.88 Å². The first-order valence-corrected chi connectivity index (χ1v) is 8.72. The normalized spacial score (nSPS) is 15.3. The summed E-state index contributed by atoms with van der Waals surface area (Å²) in [7, 11) is 2.13. The lowest BCUT2D eigenvalue weighted by Crippen LogP contribution is -2.44. The van der Waals surface area contributed by atoms with E-state index in [0.29, 0.717) is 5.56 Å². The van der Waals surface area contributed by atoms with E-state index in [2.05, 4.69) is 46.2 Å². The van der Waals surface area contributed by atoms with Crippen molar-refractivity contribution in [2.24, 2.45) is 0 Å². The van der Waals surface area contributed by atoms with Gasteiger partial charge in [0.2, 0.25) is 0 Å². The summed E-state index contributed by atoms with van der Waals surface area (Å²) in [5.74, 6) is -0.112. The van der Waals surface area contributed by atoms with Crippen LogP contribution in [0, 0.1) is 20.8 Å². The number of carbonyl (C=O) groups is 1. The molecule has 1 amide bonds. The van der Waals surface area contributed by atoms with Crippen molar-refractivity contribution in [3.05, 3.63) is 52.8 Å². The first-order chi connectivity index (χ1) is 11.9. The molecule has 3 rings (SSSR count). The summed E-state index contributed by atoms with van der Waals surface area (Å²) < 4.78 is 0. The van der Waals surface area contributed by atoms with E-state index in [1.165, 1.54) is 5.56 Å². The standard InChI is InChI=1S/C20H26N4O/c1-14-9-15(2)19(16(3)10-14)22-20(25)17-11-18(13-21-12-17)24-7-5-23(4)6-8-24/h9-13H,5-8H2,1-4H3,(H,22,25). The Hall–Kier alpha value is -2.40. The molecule has 0 saturated carbocycles. The number of anilines is 2. The number of hydrogen-bond acceptors (Lipinski definition) is 4. The zero-order valence-corrected chi connectivity index (χ0v) is 15.5. The molecule has 1 aromatic heterocycles. The lowest BCUT2D eigenvalue weighted by atomic mass is 10.0. The monoisotopic (exact) mass is 338 g/mol. The number of nitrogens with zero attached hydrogens (tertiary/aromatic N) is 3. The Balaban J connectivity index is 1.78. The predicted octanol–water partition coefficient (Wildman–Crippen LogP) is 3.01. The van der Waals surface area contributed by atoms with Crippen LogP contribution >= 0.6 is 0 Å². The molecule has 1 fully saturated rings. The number of piperazine rings is 1. The largest absolute Gasteiger partial charge is 0.368 e. The van der Waals surface area contributed by atoms with Gasteiger partial charge in [-0.2, -0.15) is 0 Å². The number of aromatic nitrogens is 1. The second-order valence-electron chi connectivity index (χ2n) is 6.95. The number of hydrogen-bond donors (Lipinski definition) is 1. The molecule has 0 atom stereocenters. The number of nitrogens with one attached hydrogen (secondary N) is 1. The molecule has 1 aliphatic heterocycles. The minimum absolute atomic E-state index is 0.112. The quantitative estimate of drug-likeness (QED) is 0.935. The van der Waals surface area contributed by atoms with Crippen molar-refractivity contribution in [2.75, 3.05) is 43.4 Å². The molecule has 132 valence electrons. The summed E-state index contributed by atoms with van der Waals surface area (Å²) in [6.45, 7) is 10.1. The third-order valence-electron chi connectivity index (χ3n) is 4.77. The van der Waals surface area contributed by atoms with Crippen LogP contribution in [-0.2, 0) is 0 Å². The van der Waals surface area contributed by atoms with Crippen molar-refractivity contribution in [2.45, 2.75) is 20.8 Å². The van der Waals surface area contributed by atoms with Gasteiger partial charge in [0, 0.05) is 38.1 Å². The predicted molar refractivity (Wildman–Crippen MR) is 103 cm³/mol. The molecule has 0 bridgehead atoms. The number of carbonyl (C=O) groups excluding carboxylic acids is 1. The molecule has 2 aromatic rings. The summed E-state index contributed by atoms with van der Waals surface area (Å²) in [6.07, 6.45) is 3.47. The van der Waals surface area contributed by atoms with Gasteiger partial charge in [-0.1, -0.05) is 17.7 Å². The van der Waals surface area contributed by atoms with Crippen LogP contribution in [0.15, 0.2) is 30.6 Å². The van der Waals surface area contributed by atoms with Crippen LogP contribution in [0.25, 0.3) is 0 Å². The molecule has 25 heavy (non-hydrogen) atoms. The Labute approximate surface area is 149 Å². The number of amides is 1. The molecular formula is C20H26N4O. The van der Waals surface area contributed by atoms with E-state index in [1.807, 2.05) is 26.1 Å². The zero-order chi connectivity index (χ0) is 18.0. The highest BCUT2D eigenvalue weighted by Gasteiger charge is 2.17. The maximum absolute atomic E-state index is 12.7. The van der Waals surface area contributed by atoms with Gasteiger partial charge in [0.25, 0.3) is 5.91 Å². The first kappa shape index (κ1) is 17.4. The van der Waals surface area contributed by atoms with Crippen molar-refractivity contribution in [3.8, 4) is 0 Å². The lowest BCUT2D eigenvalue weighted by molar-refractivity contribution is 0.102. The van der Waals surface area contributed by atoms with Gasteiger partial charge in [-0.05, 0) is 45.0 Å². The molecule has 5 nitrogen and oxygen atoms in total. The Morgan fingerprint density at radius 1 is 1.00 bits per heavy atom. The fourth-order valence-corrected chi connectivity index (χ4v) is 3.35. The maximum atomic E-state index is 12.7. The van der Waals surface area contributed by atoms with E-state index < -0.39 is 0 Å². The van der Waals surface area contributed by atoms with Gasteiger partial charge in [-0.15, -0.1) is 0 Å². The third kappa shape index (κ3) is 3.99. The van der Waals surface area contributed by atoms with E-state index in [1.54, 1.807) is 6.20 Å². The summed E-state index contributed by atoms with van der Waals surface area (Å²) in [5, 5.41) is 3.05. The number of pyridine rings is 1. The Kier molecular flexibility index (Phi) is 5.04. The lowest BCUT2D eigenvalue weighted by Gasteiger charge is -2.33. The van der Waals surface area contributed by atoms with Crippen LogP contribution in [0.5, 0.6) is 0 Å². The SMILES string of the molecule is Cc1cc(C)c(NC(=O)c2cncc(N3CCN(C)CC3)c2)c(C)c1. The second kappa shape index (κ2) is 7.23. The molecule has 5 heteroatoms. The van der Waals surface area contributed by atoms with Crippen molar-refractivity contribution in [3.63, 3.8) is 0 Å².